The van der Waals surface area contributed by atoms with Gasteiger partial charge in [0, 0.05) is 13.0 Å². The summed E-state index contributed by atoms with van der Waals surface area (Å²) in [6.45, 7) is 6.11. The van der Waals surface area contributed by atoms with Gasteiger partial charge in [0.15, 0.2) is 0 Å². The van der Waals surface area contributed by atoms with Gasteiger partial charge in [-0.15, -0.1) is 0 Å². The summed E-state index contributed by atoms with van der Waals surface area (Å²) in [5, 5.41) is 13.6. The summed E-state index contributed by atoms with van der Waals surface area (Å²) in [5.41, 5.74) is -0.587. The maximum absolute atomic E-state index is 12.3. The molecule has 2 unspecified atom stereocenters. The highest BCUT2D eigenvalue weighted by Gasteiger charge is 2.38. The van der Waals surface area contributed by atoms with Crippen LogP contribution in [-0.4, -0.2) is 64.5 Å². The summed E-state index contributed by atoms with van der Waals surface area (Å²) < 4.78 is 5.17. The van der Waals surface area contributed by atoms with Gasteiger partial charge in [-0.1, -0.05) is 6.92 Å². The molecule has 0 aliphatic carbocycles. The number of carbonyl (C=O) groups excluding carboxylic acids is 4. The highest BCUT2D eigenvalue weighted by atomic mass is 16.6. The normalized spacial score (nSPS) is 18.1. The van der Waals surface area contributed by atoms with Crippen molar-refractivity contribution in [3.63, 3.8) is 0 Å². The van der Waals surface area contributed by atoms with E-state index in [4.69, 9.17) is 9.84 Å². The zero-order chi connectivity index (χ0) is 20.8. The van der Waals surface area contributed by atoms with Gasteiger partial charge in [-0.3, -0.25) is 24.1 Å². The number of carboxylic acids is 1. The van der Waals surface area contributed by atoms with Crippen molar-refractivity contribution >= 4 is 29.8 Å². The number of urea groups is 1. The van der Waals surface area contributed by atoms with E-state index >= 15 is 0 Å². The first-order valence-corrected chi connectivity index (χ1v) is 8.74. The number of hydrogen-bond donors (Lipinski definition) is 3. The molecule has 3 N–H and O–H groups in total. The van der Waals surface area contributed by atoms with Crippen molar-refractivity contribution in [3.8, 4) is 0 Å². The number of imide groups is 1. The number of nitrogens with one attached hydrogen (secondary N) is 2. The van der Waals surface area contributed by atoms with E-state index in [0.717, 1.165) is 4.90 Å². The first-order chi connectivity index (χ1) is 12.4. The smallest absolute Gasteiger partial charge is 0.325 e. The number of ether oxygens (including phenoxy) is 1. The Morgan fingerprint density at radius 2 is 1.93 bits per heavy atom. The third-order valence-electron chi connectivity index (χ3n) is 3.73. The van der Waals surface area contributed by atoms with Crippen LogP contribution in [0.3, 0.4) is 0 Å². The number of carboxylic acid groups (broad SMARTS) is 1. The second kappa shape index (κ2) is 9.33. The number of esters is 1. The molecule has 0 aromatic carbocycles. The lowest BCUT2D eigenvalue weighted by atomic mass is 10.1. The Hall–Kier alpha value is -2.65. The lowest BCUT2D eigenvalue weighted by Gasteiger charge is -2.19. The first kappa shape index (κ1) is 22.4. The Labute approximate surface area is 157 Å². The molecular weight excluding hydrogens is 358 g/mol. The molecule has 0 saturated carbocycles. The number of aliphatic carboxylic acids is 1. The van der Waals surface area contributed by atoms with Crippen molar-refractivity contribution in [2.75, 3.05) is 13.1 Å². The highest BCUT2D eigenvalue weighted by Crippen LogP contribution is 2.14. The maximum Gasteiger partial charge on any atom is 0.325 e. The monoisotopic (exact) mass is 385 g/mol. The fourth-order valence-electron chi connectivity index (χ4n) is 2.32. The largest absolute Gasteiger partial charge is 0.481 e. The molecule has 152 valence electrons. The average molecular weight is 385 g/mol. The Morgan fingerprint density at radius 1 is 1.30 bits per heavy atom. The van der Waals surface area contributed by atoms with Crippen molar-refractivity contribution in [3.05, 3.63) is 0 Å². The van der Waals surface area contributed by atoms with Crippen molar-refractivity contribution in [1.29, 1.82) is 0 Å². The van der Waals surface area contributed by atoms with Crippen LogP contribution in [0.5, 0.6) is 0 Å². The molecule has 4 amide bonds. The molecule has 1 saturated heterocycles. The van der Waals surface area contributed by atoms with Gasteiger partial charge in [0.25, 0.3) is 5.91 Å². The fraction of sp³-hybridized carbons (Fsp3) is 0.706. The Bertz CT molecular complexity index is 612. The van der Waals surface area contributed by atoms with Gasteiger partial charge >= 0.3 is 18.0 Å². The van der Waals surface area contributed by atoms with E-state index in [9.17, 15) is 24.0 Å². The van der Waals surface area contributed by atoms with Crippen LogP contribution in [0.2, 0.25) is 0 Å². The second-order valence-corrected chi connectivity index (χ2v) is 7.45. The van der Waals surface area contributed by atoms with Crippen molar-refractivity contribution < 1.29 is 33.8 Å². The van der Waals surface area contributed by atoms with Crippen LogP contribution < -0.4 is 10.6 Å². The second-order valence-electron chi connectivity index (χ2n) is 7.45. The predicted molar refractivity (Wildman–Crippen MR) is 93.5 cm³/mol. The third-order valence-corrected chi connectivity index (χ3v) is 3.73. The summed E-state index contributed by atoms with van der Waals surface area (Å²) in [6, 6.07) is -1.49. The molecule has 0 aromatic rings. The lowest BCUT2D eigenvalue weighted by molar-refractivity contribution is -0.155. The van der Waals surface area contributed by atoms with Crippen molar-refractivity contribution in [2.45, 2.75) is 58.6 Å². The molecule has 0 bridgehead atoms. The molecular formula is C17H27N3O7. The van der Waals surface area contributed by atoms with Gasteiger partial charge < -0.3 is 20.5 Å². The predicted octanol–water partition coefficient (Wildman–Crippen LogP) is 0.256. The summed E-state index contributed by atoms with van der Waals surface area (Å²) >= 11 is 0. The number of nitrogens with zero attached hydrogens (tertiary/aromatic N) is 1. The molecule has 1 rings (SSSR count). The van der Waals surface area contributed by atoms with Gasteiger partial charge in [-0.2, -0.15) is 0 Å². The number of hydrogen-bond acceptors (Lipinski definition) is 6. The Kier molecular flexibility index (Phi) is 7.74. The molecule has 10 heteroatoms. The van der Waals surface area contributed by atoms with Crippen molar-refractivity contribution in [1.82, 2.24) is 15.5 Å². The Balaban J connectivity index is 2.43. The quantitative estimate of drug-likeness (QED) is 0.381. The zero-order valence-corrected chi connectivity index (χ0v) is 16.0. The van der Waals surface area contributed by atoms with Crippen LogP contribution in [0.4, 0.5) is 4.79 Å². The zero-order valence-electron chi connectivity index (χ0n) is 16.0. The molecule has 1 aliphatic heterocycles. The van der Waals surface area contributed by atoms with Gasteiger partial charge in [-0.25, -0.2) is 4.79 Å². The molecule has 10 nitrogen and oxygen atoms in total. The lowest BCUT2D eigenvalue weighted by Crippen LogP contribution is -2.42. The minimum atomic E-state index is -1.06. The van der Waals surface area contributed by atoms with Gasteiger partial charge in [0.05, 0.1) is 5.92 Å². The molecule has 0 radical (unpaired) electrons. The third kappa shape index (κ3) is 7.63. The van der Waals surface area contributed by atoms with Crippen LogP contribution in [0.25, 0.3) is 0 Å². The standard InChI is InChI=1S/C17H27N3O7/c1-10(15(24)25)8-18-12(21)9-20-14(23)11(19-16(20)26)6-5-7-13(22)27-17(2,3)4/h10-11H,5-9H2,1-4H3,(H,18,21)(H,19,26)(H,24,25). The number of rotatable bonds is 9. The molecule has 2 atom stereocenters. The molecule has 27 heavy (non-hydrogen) atoms. The fourth-order valence-corrected chi connectivity index (χ4v) is 2.32. The van der Waals surface area contributed by atoms with Crippen LogP contribution in [0.1, 0.15) is 47.0 Å². The minimum absolute atomic E-state index is 0.100. The SMILES string of the molecule is CC(CNC(=O)CN1C(=O)NC(CCCC(=O)OC(C)(C)C)C1=O)C(=O)O. The van der Waals surface area contributed by atoms with Crippen molar-refractivity contribution in [2.24, 2.45) is 5.92 Å². The van der Waals surface area contributed by atoms with E-state index in [1.807, 2.05) is 0 Å². The van der Waals surface area contributed by atoms with Gasteiger partial charge in [0.2, 0.25) is 5.91 Å². The minimum Gasteiger partial charge on any atom is -0.481 e. The van der Waals surface area contributed by atoms with E-state index in [2.05, 4.69) is 10.6 Å². The summed E-state index contributed by atoms with van der Waals surface area (Å²) in [7, 11) is 0. The van der Waals surface area contributed by atoms with Gasteiger partial charge in [-0.05, 0) is 33.6 Å². The number of amides is 4. The van der Waals surface area contributed by atoms with E-state index in [1.165, 1.54) is 6.92 Å². The van der Waals surface area contributed by atoms with E-state index in [0.29, 0.717) is 6.42 Å². The van der Waals surface area contributed by atoms with Crippen LogP contribution in [-0.2, 0) is 23.9 Å². The van der Waals surface area contributed by atoms with E-state index in [-0.39, 0.29) is 25.4 Å². The first-order valence-electron chi connectivity index (χ1n) is 8.74. The molecule has 0 spiro atoms. The summed E-state index contributed by atoms with van der Waals surface area (Å²) in [5.74, 6) is -3.40. The molecule has 1 aliphatic rings. The van der Waals surface area contributed by atoms with E-state index < -0.39 is 47.9 Å². The number of carbonyl (C=O) groups is 5. The van der Waals surface area contributed by atoms with Crippen LogP contribution in [0, 0.1) is 5.92 Å². The topological polar surface area (TPSA) is 142 Å². The van der Waals surface area contributed by atoms with E-state index in [1.54, 1.807) is 20.8 Å². The van der Waals surface area contributed by atoms with Crippen LogP contribution in [0.15, 0.2) is 0 Å². The van der Waals surface area contributed by atoms with Gasteiger partial charge in [0.1, 0.15) is 18.2 Å². The molecule has 1 heterocycles. The van der Waals surface area contributed by atoms with Crippen LogP contribution >= 0.6 is 0 Å². The highest BCUT2D eigenvalue weighted by molar-refractivity contribution is 6.06. The molecule has 0 aromatic heterocycles. The molecule has 1 fully saturated rings. The average Bonchev–Trinajstić information content (AvgIpc) is 2.78. The Morgan fingerprint density at radius 3 is 2.48 bits per heavy atom. The summed E-state index contributed by atoms with van der Waals surface area (Å²) in [6.07, 6.45) is 0.713. The summed E-state index contributed by atoms with van der Waals surface area (Å²) in [4.78, 5) is 59.1. The maximum atomic E-state index is 12.3.